The summed E-state index contributed by atoms with van der Waals surface area (Å²) in [5, 5.41) is 9.00. The molecule has 1 aliphatic rings. The molecule has 0 atom stereocenters. The number of aromatic nitrogens is 3. The first-order valence-electron chi connectivity index (χ1n) is 9.48. The Morgan fingerprint density at radius 2 is 2.03 bits per heavy atom. The summed E-state index contributed by atoms with van der Waals surface area (Å²) in [7, 11) is 0. The molecule has 0 unspecified atom stereocenters. The highest BCUT2D eigenvalue weighted by atomic mass is 32.1. The van der Waals surface area contributed by atoms with Gasteiger partial charge in [-0.15, -0.1) is 11.3 Å². The quantitative estimate of drug-likeness (QED) is 0.548. The SMILES string of the molecule is N#Cc1cc(C2=CCN(c3ncn(Cc4ccc(C(F)(F)F)s4)c(=O)n3)CC2)ccc1F. The van der Waals surface area contributed by atoms with Gasteiger partial charge in [0.25, 0.3) is 0 Å². The van der Waals surface area contributed by atoms with Crippen LogP contribution in [-0.2, 0) is 12.7 Å². The van der Waals surface area contributed by atoms with Crippen LogP contribution in [-0.4, -0.2) is 27.6 Å². The second kappa shape index (κ2) is 8.55. The van der Waals surface area contributed by atoms with Crippen molar-refractivity contribution < 1.29 is 17.6 Å². The van der Waals surface area contributed by atoms with Crippen LogP contribution in [0.1, 0.15) is 27.3 Å². The lowest BCUT2D eigenvalue weighted by Crippen LogP contribution is -2.33. The van der Waals surface area contributed by atoms with E-state index in [0.717, 1.165) is 21.8 Å². The molecule has 0 N–H and O–H groups in total. The van der Waals surface area contributed by atoms with E-state index in [-0.39, 0.29) is 18.1 Å². The van der Waals surface area contributed by atoms with Crippen molar-refractivity contribution in [2.75, 3.05) is 18.0 Å². The minimum Gasteiger partial charge on any atom is -0.337 e. The summed E-state index contributed by atoms with van der Waals surface area (Å²) >= 11 is 0.575. The molecule has 0 bridgehead atoms. The Hall–Kier alpha value is -3.52. The Morgan fingerprint density at radius 1 is 1.22 bits per heavy atom. The summed E-state index contributed by atoms with van der Waals surface area (Å²) in [4.78, 5) is 22.0. The summed E-state index contributed by atoms with van der Waals surface area (Å²) in [6.45, 7) is 0.877. The number of hydrogen-bond acceptors (Lipinski definition) is 6. The zero-order valence-corrected chi connectivity index (χ0v) is 17.3. The third-order valence-corrected chi connectivity index (χ3v) is 6.09. The van der Waals surface area contributed by atoms with E-state index >= 15 is 0 Å². The van der Waals surface area contributed by atoms with Gasteiger partial charge in [-0.3, -0.25) is 4.57 Å². The molecular weight excluding hydrogens is 446 g/mol. The summed E-state index contributed by atoms with van der Waals surface area (Å²) in [6.07, 6.45) is -0.662. The molecule has 0 aliphatic carbocycles. The van der Waals surface area contributed by atoms with E-state index in [1.807, 2.05) is 12.1 Å². The maximum atomic E-state index is 13.5. The number of thiophene rings is 1. The van der Waals surface area contributed by atoms with Gasteiger partial charge in [-0.1, -0.05) is 12.1 Å². The Balaban J connectivity index is 1.47. The van der Waals surface area contributed by atoms with Crippen LogP contribution in [0.3, 0.4) is 0 Å². The number of anilines is 1. The van der Waals surface area contributed by atoms with Gasteiger partial charge in [-0.25, -0.2) is 14.2 Å². The molecule has 3 aromatic rings. The maximum Gasteiger partial charge on any atom is 0.425 e. The minimum absolute atomic E-state index is 0.0223. The summed E-state index contributed by atoms with van der Waals surface area (Å²) < 4.78 is 52.9. The van der Waals surface area contributed by atoms with Gasteiger partial charge in [0, 0.05) is 18.0 Å². The molecule has 1 aromatic carbocycles. The highest BCUT2D eigenvalue weighted by Gasteiger charge is 2.32. The lowest BCUT2D eigenvalue weighted by Gasteiger charge is -2.26. The van der Waals surface area contributed by atoms with Crippen molar-refractivity contribution in [2.45, 2.75) is 19.1 Å². The zero-order valence-electron chi connectivity index (χ0n) is 16.4. The van der Waals surface area contributed by atoms with Crippen LogP contribution in [0.15, 0.2) is 47.5 Å². The molecule has 4 rings (SSSR count). The highest BCUT2D eigenvalue weighted by Crippen LogP contribution is 2.34. The van der Waals surface area contributed by atoms with Crippen molar-refractivity contribution in [3.05, 3.63) is 79.9 Å². The fraction of sp³-hybridized carbons (Fsp3) is 0.238. The van der Waals surface area contributed by atoms with Crippen molar-refractivity contribution in [2.24, 2.45) is 0 Å². The fourth-order valence-electron chi connectivity index (χ4n) is 3.32. The van der Waals surface area contributed by atoms with Crippen LogP contribution in [0.25, 0.3) is 5.57 Å². The fourth-order valence-corrected chi connectivity index (χ4v) is 4.19. The maximum absolute atomic E-state index is 13.5. The largest absolute Gasteiger partial charge is 0.425 e. The number of alkyl halides is 3. The second-order valence-electron chi connectivity index (χ2n) is 7.06. The lowest BCUT2D eigenvalue weighted by molar-refractivity contribution is -0.134. The predicted octanol–water partition coefficient (Wildman–Crippen LogP) is 4.07. The average Bonchev–Trinajstić information content (AvgIpc) is 3.25. The van der Waals surface area contributed by atoms with Crippen LogP contribution in [0.2, 0.25) is 0 Å². The lowest BCUT2D eigenvalue weighted by atomic mass is 9.98. The first kappa shape index (κ1) is 21.7. The van der Waals surface area contributed by atoms with E-state index in [1.165, 1.54) is 24.5 Å². The van der Waals surface area contributed by atoms with Gasteiger partial charge >= 0.3 is 11.9 Å². The van der Waals surface area contributed by atoms with Gasteiger partial charge < -0.3 is 4.90 Å². The Kier molecular flexibility index (Phi) is 5.80. The molecule has 0 spiro atoms. The standard InChI is InChI=1S/C21H15F4N5OS/c22-17-3-1-14(9-15(17)10-26)13-5-7-29(8-6-13)19-27-12-30(20(31)28-19)11-16-2-4-18(32-16)21(23,24)25/h1-5,9,12H,6-8,11H2. The van der Waals surface area contributed by atoms with Crippen LogP contribution < -0.4 is 10.6 Å². The van der Waals surface area contributed by atoms with Crippen LogP contribution in [0.4, 0.5) is 23.5 Å². The van der Waals surface area contributed by atoms with E-state index in [4.69, 9.17) is 5.26 Å². The number of rotatable bonds is 4. The third-order valence-electron chi connectivity index (χ3n) is 4.97. The van der Waals surface area contributed by atoms with E-state index in [0.29, 0.717) is 35.7 Å². The smallest absolute Gasteiger partial charge is 0.337 e. The van der Waals surface area contributed by atoms with Gasteiger partial charge in [-0.05, 0) is 41.8 Å². The minimum atomic E-state index is -4.42. The molecule has 1 aliphatic heterocycles. The molecule has 6 nitrogen and oxygen atoms in total. The molecule has 164 valence electrons. The van der Waals surface area contributed by atoms with Gasteiger partial charge in [0.2, 0.25) is 5.95 Å². The van der Waals surface area contributed by atoms with Crippen molar-refractivity contribution >= 4 is 22.9 Å². The van der Waals surface area contributed by atoms with Crippen molar-refractivity contribution in [1.82, 2.24) is 14.5 Å². The molecule has 0 saturated carbocycles. The molecule has 11 heteroatoms. The summed E-state index contributed by atoms with van der Waals surface area (Å²) in [5.74, 6) is -0.346. The molecule has 0 fully saturated rings. The average molecular weight is 461 g/mol. The number of benzene rings is 1. The molecule has 3 heterocycles. The van der Waals surface area contributed by atoms with Gasteiger partial charge in [0.1, 0.15) is 23.1 Å². The topological polar surface area (TPSA) is 74.8 Å². The third kappa shape index (κ3) is 4.55. The first-order valence-corrected chi connectivity index (χ1v) is 10.3. The number of nitrogens with zero attached hydrogens (tertiary/aromatic N) is 5. The van der Waals surface area contributed by atoms with Gasteiger partial charge in [0.15, 0.2) is 0 Å². The summed E-state index contributed by atoms with van der Waals surface area (Å²) in [6, 6.07) is 8.52. The van der Waals surface area contributed by atoms with E-state index in [2.05, 4.69) is 9.97 Å². The van der Waals surface area contributed by atoms with Crippen molar-refractivity contribution in [3.8, 4) is 6.07 Å². The molecule has 0 radical (unpaired) electrons. The zero-order chi connectivity index (χ0) is 22.9. The molecule has 0 saturated heterocycles. The monoisotopic (exact) mass is 461 g/mol. The van der Waals surface area contributed by atoms with E-state index < -0.39 is 22.6 Å². The van der Waals surface area contributed by atoms with E-state index in [9.17, 15) is 22.4 Å². The van der Waals surface area contributed by atoms with Crippen molar-refractivity contribution in [3.63, 3.8) is 0 Å². The van der Waals surface area contributed by atoms with Crippen LogP contribution >= 0.6 is 11.3 Å². The Bertz CT molecular complexity index is 1290. The van der Waals surface area contributed by atoms with E-state index in [1.54, 1.807) is 11.0 Å². The second-order valence-corrected chi connectivity index (χ2v) is 8.23. The van der Waals surface area contributed by atoms with Gasteiger partial charge in [0.05, 0.1) is 12.1 Å². The molecule has 32 heavy (non-hydrogen) atoms. The highest BCUT2D eigenvalue weighted by molar-refractivity contribution is 7.12. The van der Waals surface area contributed by atoms with Crippen LogP contribution in [0, 0.1) is 17.1 Å². The number of nitriles is 1. The normalized spacial score (nSPS) is 14.2. The Morgan fingerprint density at radius 3 is 2.66 bits per heavy atom. The molecule has 2 aromatic heterocycles. The summed E-state index contributed by atoms with van der Waals surface area (Å²) in [5.41, 5.74) is 1.08. The molecular formula is C21H15F4N5OS. The number of hydrogen-bond donors (Lipinski definition) is 0. The van der Waals surface area contributed by atoms with Crippen molar-refractivity contribution in [1.29, 1.82) is 5.26 Å². The molecule has 0 amide bonds. The Labute approximate surface area is 183 Å². The van der Waals surface area contributed by atoms with Gasteiger partial charge in [-0.2, -0.15) is 23.4 Å². The van der Waals surface area contributed by atoms with Crippen LogP contribution in [0.5, 0.6) is 0 Å². The number of halogens is 4. The first-order chi connectivity index (χ1) is 15.2. The predicted molar refractivity (Wildman–Crippen MR) is 111 cm³/mol.